The summed E-state index contributed by atoms with van der Waals surface area (Å²) in [7, 11) is -4.53. The number of allylic oxidation sites excluding steroid dienone is 1. The van der Waals surface area contributed by atoms with Crippen LogP contribution in [0.25, 0.3) is 0 Å². The summed E-state index contributed by atoms with van der Waals surface area (Å²) in [5.41, 5.74) is 0.281. The molecule has 218 valence electrons. The second kappa shape index (κ2) is 10.7. The van der Waals surface area contributed by atoms with Crippen LogP contribution in [0.5, 0.6) is 0 Å². The van der Waals surface area contributed by atoms with Gasteiger partial charge in [-0.05, 0) is 80.0 Å². The zero-order valence-electron chi connectivity index (χ0n) is 22.2. The Kier molecular flexibility index (Phi) is 7.60. The van der Waals surface area contributed by atoms with Gasteiger partial charge < -0.3 is 20.2 Å². The number of likely N-dealkylation sites (tertiary alicyclic amines) is 1. The average molecular weight is 607 g/mol. The topological polar surface area (TPSA) is 133 Å². The van der Waals surface area contributed by atoms with E-state index in [1.54, 1.807) is 24.0 Å². The number of rotatable bonds is 7. The number of nitrogens with zero attached hydrogens (tertiary/aromatic N) is 2. The lowest BCUT2D eigenvalue weighted by atomic mass is 9.89. The van der Waals surface area contributed by atoms with E-state index < -0.39 is 43.3 Å². The Bertz CT molecular complexity index is 1580. The molecule has 0 bridgehead atoms. The Balaban J connectivity index is 1.54. The third kappa shape index (κ3) is 5.55. The Morgan fingerprint density at radius 2 is 1.68 bits per heavy atom. The minimum absolute atomic E-state index is 0.0338. The molecule has 13 heteroatoms. The van der Waals surface area contributed by atoms with Crippen molar-refractivity contribution < 1.29 is 31.9 Å². The fourth-order valence-electron chi connectivity index (χ4n) is 5.56. The second-order valence-electron chi connectivity index (χ2n) is 10.6. The predicted molar refractivity (Wildman–Crippen MR) is 149 cm³/mol. The SMILES string of the molecule is Cc1cc(F)ccc1NC1=C(C(=O)N2CCC(c3ccc(F)cc3)CC2)CN(C2(C(=O)O)CC2)C(S(N)(=O)=O)=C1Cl. The molecule has 3 aliphatic rings. The molecule has 1 aliphatic carbocycles. The third-order valence-corrected chi connectivity index (χ3v) is 9.45. The standard InChI is InChI=1S/C28H29ClF2N4O5S/c1-16-14-20(31)6-7-22(16)33-24-21(15-35(28(10-11-28)27(37)38)26(23(24)29)41(32,39)40)25(36)34-12-8-18(9-13-34)17-2-4-19(30)5-3-17/h2-7,14,18,33H,8-13,15H2,1H3,(H,37,38)(H2,32,39,40). The van der Waals surface area contributed by atoms with Gasteiger partial charge in [-0.3, -0.25) is 4.79 Å². The summed E-state index contributed by atoms with van der Waals surface area (Å²) in [5, 5.41) is 17.5. The Morgan fingerprint density at radius 3 is 2.22 bits per heavy atom. The number of anilines is 1. The lowest BCUT2D eigenvalue weighted by Gasteiger charge is -2.39. The number of nitrogens with two attached hydrogens (primary N) is 1. The molecule has 1 amide bonds. The molecule has 2 heterocycles. The third-order valence-electron chi connectivity index (χ3n) is 8.01. The first kappa shape index (κ1) is 29.0. The number of benzene rings is 2. The highest BCUT2D eigenvalue weighted by atomic mass is 35.5. The average Bonchev–Trinajstić information content (AvgIpc) is 3.73. The number of nitrogens with one attached hydrogen (secondary N) is 1. The first-order valence-electron chi connectivity index (χ1n) is 13.1. The summed E-state index contributed by atoms with van der Waals surface area (Å²) in [6, 6.07) is 10.2. The van der Waals surface area contributed by atoms with Crippen LogP contribution in [-0.2, 0) is 19.6 Å². The number of carboxylic acid groups (broad SMARTS) is 1. The van der Waals surface area contributed by atoms with Crippen LogP contribution in [0.3, 0.4) is 0 Å². The van der Waals surface area contributed by atoms with Crippen molar-refractivity contribution in [2.24, 2.45) is 5.14 Å². The number of sulfonamides is 1. The van der Waals surface area contributed by atoms with Crippen LogP contribution in [0.15, 0.2) is 63.8 Å². The minimum atomic E-state index is -4.53. The first-order chi connectivity index (χ1) is 19.3. The lowest BCUT2D eigenvalue weighted by Crippen LogP contribution is -2.51. The maximum atomic E-state index is 14.0. The molecule has 1 saturated carbocycles. The molecule has 0 aromatic heterocycles. The maximum absolute atomic E-state index is 14.0. The number of carbonyl (C=O) groups is 2. The highest BCUT2D eigenvalue weighted by molar-refractivity contribution is 7.93. The van der Waals surface area contributed by atoms with Crippen molar-refractivity contribution in [2.75, 3.05) is 25.0 Å². The number of amides is 1. The van der Waals surface area contributed by atoms with Gasteiger partial charge in [0.25, 0.3) is 15.9 Å². The van der Waals surface area contributed by atoms with Crippen LogP contribution in [0.1, 0.15) is 42.7 Å². The number of primary sulfonamides is 1. The van der Waals surface area contributed by atoms with Crippen molar-refractivity contribution in [3.8, 4) is 0 Å². The number of hydrogen-bond donors (Lipinski definition) is 3. The summed E-state index contributed by atoms with van der Waals surface area (Å²) in [5.74, 6) is -2.38. The number of hydrogen-bond acceptors (Lipinski definition) is 6. The van der Waals surface area contributed by atoms with Gasteiger partial charge in [0, 0.05) is 18.8 Å². The van der Waals surface area contributed by atoms with E-state index in [1.807, 2.05) is 0 Å². The lowest BCUT2D eigenvalue weighted by molar-refractivity contribution is -0.144. The van der Waals surface area contributed by atoms with Gasteiger partial charge in [0.1, 0.15) is 22.2 Å². The molecule has 0 radical (unpaired) electrons. The van der Waals surface area contributed by atoms with Gasteiger partial charge >= 0.3 is 5.97 Å². The van der Waals surface area contributed by atoms with Gasteiger partial charge in [0.15, 0.2) is 5.03 Å². The molecule has 1 saturated heterocycles. The summed E-state index contributed by atoms with van der Waals surface area (Å²) in [4.78, 5) is 29.0. The molecule has 2 fully saturated rings. The van der Waals surface area contributed by atoms with Gasteiger partial charge in [0.2, 0.25) is 0 Å². The number of aliphatic carboxylic acids is 1. The Morgan fingerprint density at radius 1 is 1.07 bits per heavy atom. The zero-order chi connectivity index (χ0) is 29.7. The predicted octanol–water partition coefficient (Wildman–Crippen LogP) is 3.97. The highest BCUT2D eigenvalue weighted by Gasteiger charge is 2.59. The number of aryl methyl sites for hydroxylation is 1. The first-order valence-corrected chi connectivity index (χ1v) is 15.0. The van der Waals surface area contributed by atoms with E-state index in [1.165, 1.54) is 30.3 Å². The molecule has 41 heavy (non-hydrogen) atoms. The van der Waals surface area contributed by atoms with E-state index in [2.05, 4.69) is 5.32 Å². The molecule has 0 atom stereocenters. The smallest absolute Gasteiger partial charge is 0.329 e. The van der Waals surface area contributed by atoms with E-state index in [0.29, 0.717) is 37.2 Å². The number of carbonyl (C=O) groups excluding carboxylic acids is 1. The summed E-state index contributed by atoms with van der Waals surface area (Å²) in [6.07, 6.45) is 1.52. The Labute approximate surface area is 241 Å². The normalized spacial score (nSPS) is 19.4. The molecule has 2 aromatic rings. The quantitative estimate of drug-likeness (QED) is 0.434. The van der Waals surface area contributed by atoms with Crippen molar-refractivity contribution >= 4 is 39.2 Å². The van der Waals surface area contributed by atoms with Crippen molar-refractivity contribution in [1.82, 2.24) is 9.80 Å². The van der Waals surface area contributed by atoms with Gasteiger partial charge in [0.05, 0.1) is 17.8 Å². The van der Waals surface area contributed by atoms with E-state index >= 15 is 0 Å². The number of piperidine rings is 1. The number of halogens is 3. The molecule has 0 unspecified atom stereocenters. The van der Waals surface area contributed by atoms with E-state index in [0.717, 1.165) is 10.5 Å². The van der Waals surface area contributed by atoms with Crippen molar-refractivity contribution in [3.05, 3.63) is 86.6 Å². The molecule has 9 nitrogen and oxygen atoms in total. The van der Waals surface area contributed by atoms with Crippen LogP contribution in [-0.4, -0.2) is 60.4 Å². The molecule has 0 spiro atoms. The van der Waals surface area contributed by atoms with Gasteiger partial charge in [-0.1, -0.05) is 23.7 Å². The number of carboxylic acids is 1. The van der Waals surface area contributed by atoms with Crippen LogP contribution >= 0.6 is 11.6 Å². The Hall–Kier alpha value is -3.48. The van der Waals surface area contributed by atoms with E-state index in [9.17, 15) is 31.9 Å². The van der Waals surface area contributed by atoms with Crippen LogP contribution in [0.2, 0.25) is 0 Å². The highest BCUT2D eigenvalue weighted by Crippen LogP contribution is 2.49. The molecular formula is C28H29ClF2N4O5S. The minimum Gasteiger partial charge on any atom is -0.479 e. The van der Waals surface area contributed by atoms with Crippen molar-refractivity contribution in [3.63, 3.8) is 0 Å². The summed E-state index contributed by atoms with van der Waals surface area (Å²) >= 11 is 6.68. The molecule has 4 N–H and O–H groups in total. The molecule has 2 aromatic carbocycles. The van der Waals surface area contributed by atoms with Crippen LogP contribution < -0.4 is 10.5 Å². The van der Waals surface area contributed by atoms with E-state index in [-0.39, 0.29) is 42.4 Å². The summed E-state index contributed by atoms with van der Waals surface area (Å²) in [6.45, 7) is 1.99. The van der Waals surface area contributed by atoms with Crippen molar-refractivity contribution in [2.45, 2.75) is 44.1 Å². The molecule has 2 aliphatic heterocycles. The van der Waals surface area contributed by atoms with Gasteiger partial charge in [-0.2, -0.15) is 0 Å². The molecule has 5 rings (SSSR count). The van der Waals surface area contributed by atoms with Crippen LogP contribution in [0, 0.1) is 18.6 Å². The zero-order valence-corrected chi connectivity index (χ0v) is 23.7. The van der Waals surface area contributed by atoms with Gasteiger partial charge in [-0.15, -0.1) is 0 Å². The van der Waals surface area contributed by atoms with Crippen LogP contribution in [0.4, 0.5) is 14.5 Å². The fourth-order valence-corrected chi connectivity index (χ4v) is 7.04. The summed E-state index contributed by atoms with van der Waals surface area (Å²) < 4.78 is 52.7. The monoisotopic (exact) mass is 606 g/mol. The van der Waals surface area contributed by atoms with Crippen molar-refractivity contribution in [1.29, 1.82) is 0 Å². The van der Waals surface area contributed by atoms with Gasteiger partial charge in [-0.25, -0.2) is 27.1 Å². The van der Waals surface area contributed by atoms with E-state index in [4.69, 9.17) is 16.7 Å². The molecular weight excluding hydrogens is 578 g/mol. The maximum Gasteiger partial charge on any atom is 0.329 e. The second-order valence-corrected chi connectivity index (χ2v) is 12.5. The largest absolute Gasteiger partial charge is 0.479 e. The fraction of sp³-hybridized carbons (Fsp3) is 0.357.